The van der Waals surface area contributed by atoms with Gasteiger partial charge in [-0.15, -0.1) is 0 Å². The predicted molar refractivity (Wildman–Crippen MR) is 112 cm³/mol. The Bertz CT molecular complexity index is 1080. The second-order valence-corrected chi connectivity index (χ2v) is 9.62. The monoisotopic (exact) mass is 435 g/mol. The van der Waals surface area contributed by atoms with Gasteiger partial charge >= 0.3 is 0 Å². The molecule has 0 amide bonds. The number of fused-ring (bicyclic) bond motifs is 1. The number of Topliss-reactive ketones (excluding diaryl/α,β-unsaturated/α-hetero) is 1. The minimum absolute atomic E-state index is 0.0305. The zero-order valence-electron chi connectivity index (χ0n) is 16.6. The van der Waals surface area contributed by atoms with Gasteiger partial charge in [0.05, 0.1) is 24.2 Å². The Hall–Kier alpha value is -2.52. The number of sulfonamides is 1. The van der Waals surface area contributed by atoms with Crippen molar-refractivity contribution < 1.29 is 22.0 Å². The highest BCUT2D eigenvalue weighted by Gasteiger charge is 2.27. The van der Waals surface area contributed by atoms with Crippen LogP contribution in [0.3, 0.4) is 0 Å². The van der Waals surface area contributed by atoms with Crippen LogP contribution in [-0.4, -0.2) is 64.6 Å². The lowest BCUT2D eigenvalue weighted by Gasteiger charge is -2.35. The average molecular weight is 435 g/mol. The second kappa shape index (κ2) is 7.96. The van der Waals surface area contributed by atoms with E-state index < -0.39 is 21.7 Å². The molecule has 160 valence electrons. The van der Waals surface area contributed by atoms with Gasteiger partial charge in [-0.1, -0.05) is 0 Å². The van der Waals surface area contributed by atoms with E-state index in [1.165, 1.54) is 22.7 Å². The lowest BCUT2D eigenvalue weighted by molar-refractivity contribution is 0.0926. The summed E-state index contributed by atoms with van der Waals surface area (Å²) in [6, 6.07) is 8.72. The fraction of sp³-hybridized carbons (Fsp3) is 0.381. The van der Waals surface area contributed by atoms with Gasteiger partial charge in [-0.2, -0.15) is 0 Å². The summed E-state index contributed by atoms with van der Waals surface area (Å²) in [6.07, 6.45) is 1.77. The Morgan fingerprint density at radius 1 is 0.967 bits per heavy atom. The molecule has 0 N–H and O–H groups in total. The molecule has 2 aliphatic heterocycles. The first-order valence-electron chi connectivity index (χ1n) is 9.78. The van der Waals surface area contributed by atoms with Gasteiger partial charge in [0.2, 0.25) is 10.0 Å². The van der Waals surface area contributed by atoms with Crippen molar-refractivity contribution in [2.45, 2.75) is 6.42 Å². The highest BCUT2D eigenvalue weighted by Crippen LogP contribution is 2.31. The first-order valence-corrected chi connectivity index (χ1v) is 11.6. The number of ketones is 1. The number of rotatable bonds is 5. The lowest BCUT2D eigenvalue weighted by Crippen LogP contribution is -2.48. The molecular weight excluding hydrogens is 412 g/mol. The van der Waals surface area contributed by atoms with E-state index >= 15 is 0 Å². The van der Waals surface area contributed by atoms with Crippen LogP contribution < -0.4 is 9.21 Å². The molecule has 9 heteroatoms. The topological polar surface area (TPSA) is 60.9 Å². The number of carbonyl (C=O) groups excluding carboxylic acids is 1. The molecule has 1 fully saturated rings. The first-order chi connectivity index (χ1) is 14.2. The standard InChI is InChI=1S/C21H23F2N3O3S/c1-30(28,29)26-7-6-15-12-16(2-4-19(15)26)21(27)14-24-8-10-25(11-9-24)20-5-3-17(22)13-18(20)23/h2-5,12-13H,6-11,14H2,1H3. The summed E-state index contributed by atoms with van der Waals surface area (Å²) in [5.74, 6) is -1.22. The number of hydrogen-bond acceptors (Lipinski definition) is 5. The van der Waals surface area contributed by atoms with E-state index in [2.05, 4.69) is 0 Å². The molecule has 0 bridgehead atoms. The van der Waals surface area contributed by atoms with E-state index in [0.717, 1.165) is 11.6 Å². The highest BCUT2D eigenvalue weighted by atomic mass is 32.2. The van der Waals surface area contributed by atoms with E-state index in [1.54, 1.807) is 18.2 Å². The van der Waals surface area contributed by atoms with Crippen molar-refractivity contribution >= 4 is 27.2 Å². The van der Waals surface area contributed by atoms with Gasteiger partial charge in [0.15, 0.2) is 5.78 Å². The Kier molecular flexibility index (Phi) is 5.50. The van der Waals surface area contributed by atoms with Gasteiger partial charge in [0.25, 0.3) is 0 Å². The molecule has 0 aliphatic carbocycles. The van der Waals surface area contributed by atoms with Gasteiger partial charge in [-0.25, -0.2) is 17.2 Å². The zero-order chi connectivity index (χ0) is 21.5. The summed E-state index contributed by atoms with van der Waals surface area (Å²) in [5.41, 5.74) is 2.44. The summed E-state index contributed by atoms with van der Waals surface area (Å²) >= 11 is 0. The van der Waals surface area contributed by atoms with Gasteiger partial charge in [-0.05, 0) is 42.3 Å². The molecule has 0 aromatic heterocycles. The molecule has 1 saturated heterocycles. The number of anilines is 2. The molecule has 0 radical (unpaired) electrons. The minimum Gasteiger partial charge on any atom is -0.367 e. The molecule has 6 nitrogen and oxygen atoms in total. The summed E-state index contributed by atoms with van der Waals surface area (Å²) in [7, 11) is -3.32. The van der Waals surface area contributed by atoms with Crippen LogP contribution in [0.2, 0.25) is 0 Å². The summed E-state index contributed by atoms with van der Waals surface area (Å²) in [4.78, 5) is 16.6. The molecule has 2 aliphatic rings. The van der Waals surface area contributed by atoms with E-state index in [4.69, 9.17) is 0 Å². The van der Waals surface area contributed by atoms with E-state index in [0.29, 0.717) is 56.1 Å². The normalized spacial score (nSPS) is 17.3. The molecule has 0 spiro atoms. The Morgan fingerprint density at radius 3 is 2.33 bits per heavy atom. The Morgan fingerprint density at radius 2 is 1.67 bits per heavy atom. The quantitative estimate of drug-likeness (QED) is 0.675. The maximum absolute atomic E-state index is 14.0. The maximum Gasteiger partial charge on any atom is 0.232 e. The number of piperazine rings is 1. The molecular formula is C21H23F2N3O3S. The second-order valence-electron chi connectivity index (χ2n) is 7.71. The Labute approximate surface area is 174 Å². The summed E-state index contributed by atoms with van der Waals surface area (Å²) in [5, 5.41) is 0. The Balaban J connectivity index is 1.38. The first kappa shape index (κ1) is 20.7. The van der Waals surface area contributed by atoms with Gasteiger partial charge in [0.1, 0.15) is 11.6 Å². The van der Waals surface area contributed by atoms with E-state index in [1.807, 2.05) is 9.80 Å². The van der Waals surface area contributed by atoms with Crippen LogP contribution in [0.15, 0.2) is 36.4 Å². The van der Waals surface area contributed by atoms with Crippen LogP contribution in [0.5, 0.6) is 0 Å². The van der Waals surface area contributed by atoms with Crippen LogP contribution in [0.25, 0.3) is 0 Å². The number of nitrogens with zero attached hydrogens (tertiary/aromatic N) is 3. The molecule has 2 aromatic rings. The highest BCUT2D eigenvalue weighted by molar-refractivity contribution is 7.92. The molecule has 4 rings (SSSR count). The minimum atomic E-state index is -3.32. The van der Waals surface area contributed by atoms with Crippen LogP contribution in [0.4, 0.5) is 20.2 Å². The molecule has 0 saturated carbocycles. The summed E-state index contributed by atoms with van der Waals surface area (Å²) < 4.78 is 52.2. The number of hydrogen-bond donors (Lipinski definition) is 0. The molecule has 30 heavy (non-hydrogen) atoms. The van der Waals surface area contributed by atoms with E-state index in [-0.39, 0.29) is 12.3 Å². The third-order valence-electron chi connectivity index (χ3n) is 5.64. The van der Waals surface area contributed by atoms with Crippen molar-refractivity contribution in [2.24, 2.45) is 0 Å². The van der Waals surface area contributed by atoms with Crippen molar-refractivity contribution in [1.82, 2.24) is 4.90 Å². The maximum atomic E-state index is 14.0. The number of carbonyl (C=O) groups is 1. The van der Waals surface area contributed by atoms with Gasteiger partial charge in [-0.3, -0.25) is 14.0 Å². The third kappa shape index (κ3) is 4.17. The van der Waals surface area contributed by atoms with Crippen molar-refractivity contribution in [3.05, 3.63) is 59.2 Å². The van der Waals surface area contributed by atoms with Crippen molar-refractivity contribution in [1.29, 1.82) is 0 Å². The fourth-order valence-electron chi connectivity index (χ4n) is 4.07. The number of benzene rings is 2. The molecule has 2 heterocycles. The van der Waals surface area contributed by atoms with Gasteiger partial charge in [0, 0.05) is 44.4 Å². The van der Waals surface area contributed by atoms with Gasteiger partial charge < -0.3 is 4.90 Å². The molecule has 0 atom stereocenters. The third-order valence-corrected chi connectivity index (χ3v) is 6.82. The van der Waals surface area contributed by atoms with Crippen molar-refractivity contribution in [3.63, 3.8) is 0 Å². The van der Waals surface area contributed by atoms with Crippen molar-refractivity contribution in [2.75, 3.05) is 54.7 Å². The SMILES string of the molecule is CS(=O)(=O)N1CCc2cc(C(=O)CN3CCN(c4ccc(F)cc4F)CC3)ccc21. The molecule has 0 unspecified atom stereocenters. The van der Waals surface area contributed by atoms with Crippen LogP contribution in [0, 0.1) is 11.6 Å². The zero-order valence-corrected chi connectivity index (χ0v) is 17.5. The van der Waals surface area contributed by atoms with E-state index in [9.17, 15) is 22.0 Å². The smallest absolute Gasteiger partial charge is 0.232 e. The predicted octanol–water partition coefficient (Wildman–Crippen LogP) is 2.29. The fourth-order valence-corrected chi connectivity index (χ4v) is 5.03. The largest absolute Gasteiger partial charge is 0.367 e. The lowest BCUT2D eigenvalue weighted by atomic mass is 10.0. The van der Waals surface area contributed by atoms with Crippen molar-refractivity contribution in [3.8, 4) is 0 Å². The molecule has 2 aromatic carbocycles. The van der Waals surface area contributed by atoms with Crippen LogP contribution in [-0.2, 0) is 16.4 Å². The van der Waals surface area contributed by atoms with Crippen LogP contribution in [0.1, 0.15) is 15.9 Å². The summed E-state index contributed by atoms with van der Waals surface area (Å²) in [6.45, 7) is 2.92. The number of halogens is 2. The average Bonchev–Trinajstić information content (AvgIpc) is 3.12. The van der Waals surface area contributed by atoms with Crippen LogP contribution >= 0.6 is 0 Å².